The van der Waals surface area contributed by atoms with Crippen molar-refractivity contribution in [2.24, 2.45) is 0 Å². The number of anilines is 1. The van der Waals surface area contributed by atoms with Crippen molar-refractivity contribution in [2.75, 3.05) is 38.1 Å². The van der Waals surface area contributed by atoms with Crippen LogP contribution in [0.5, 0.6) is 5.75 Å². The highest BCUT2D eigenvalue weighted by molar-refractivity contribution is 6.33. The number of ether oxygens (including phenoxy) is 1. The lowest BCUT2D eigenvalue weighted by atomic mass is 10.0. The van der Waals surface area contributed by atoms with E-state index >= 15 is 0 Å². The van der Waals surface area contributed by atoms with Gasteiger partial charge in [-0.1, -0.05) is 55.1 Å². The van der Waals surface area contributed by atoms with Crippen LogP contribution in [-0.4, -0.2) is 99.2 Å². The van der Waals surface area contributed by atoms with Gasteiger partial charge in [-0.05, 0) is 44.0 Å². The number of rotatable bonds is 15. The molecule has 3 aliphatic rings. The van der Waals surface area contributed by atoms with E-state index in [1.54, 1.807) is 12.3 Å². The monoisotopic (exact) mass is 726 g/mol. The minimum absolute atomic E-state index is 0.0153. The van der Waals surface area contributed by atoms with Gasteiger partial charge in [0, 0.05) is 48.7 Å². The van der Waals surface area contributed by atoms with Crippen LogP contribution in [0, 0.1) is 0 Å². The number of carbonyl (C=O) groups excluding carboxylic acids is 5. The van der Waals surface area contributed by atoms with Gasteiger partial charge in [-0.15, -0.1) is 0 Å². The molecule has 0 saturated carbocycles. The van der Waals surface area contributed by atoms with Gasteiger partial charge in [0.25, 0.3) is 17.7 Å². The van der Waals surface area contributed by atoms with Gasteiger partial charge in [0.05, 0.1) is 34.1 Å². The highest BCUT2D eigenvalue weighted by atomic mass is 35.5. The summed E-state index contributed by atoms with van der Waals surface area (Å²) in [6.07, 6.45) is 8.73. The maximum absolute atomic E-state index is 13.2. The standard InChI is InChI=1S/C37H39ClN8O6/c38-26-18-41-37(44-33(26)25-17-40-27-11-5-4-9-23(25)27)42-22-19-45(20-22)16-7-3-1-2-6-15-39-31(48)21-52-29-12-8-10-24-32(29)36(51)46(35(24)50)28-13-14-30(47)43-34(28)49/h4-5,8-12,17-18,22,28,40H,1-3,6-7,13-16,19-21H2,(H,39,48)(H,41,42,44)(H,43,47,49). The highest BCUT2D eigenvalue weighted by Gasteiger charge is 2.46. The van der Waals surface area contributed by atoms with Crippen LogP contribution in [0.3, 0.4) is 0 Å². The van der Waals surface area contributed by atoms with Crippen LogP contribution in [0.15, 0.2) is 54.9 Å². The van der Waals surface area contributed by atoms with Crippen LogP contribution in [0.2, 0.25) is 5.02 Å². The fraction of sp³-hybridized carbons (Fsp3) is 0.378. The van der Waals surface area contributed by atoms with Crippen molar-refractivity contribution in [3.8, 4) is 17.0 Å². The number of fused-ring (bicyclic) bond motifs is 2. The number of H-pyrrole nitrogens is 1. The molecule has 0 aliphatic carbocycles. The van der Waals surface area contributed by atoms with E-state index in [0.29, 0.717) is 23.2 Å². The van der Waals surface area contributed by atoms with Crippen LogP contribution in [0.25, 0.3) is 22.2 Å². The maximum atomic E-state index is 13.2. The normalized spacial score (nSPS) is 17.6. The zero-order valence-electron chi connectivity index (χ0n) is 28.5. The molecule has 3 aliphatic heterocycles. The number of nitrogens with one attached hydrogen (secondary N) is 4. The number of aromatic amines is 1. The third kappa shape index (κ3) is 7.48. The smallest absolute Gasteiger partial charge is 0.266 e. The Morgan fingerprint density at radius 2 is 1.77 bits per heavy atom. The molecule has 2 aromatic heterocycles. The van der Waals surface area contributed by atoms with Crippen molar-refractivity contribution in [1.29, 1.82) is 0 Å². The topological polar surface area (TPSA) is 179 Å². The van der Waals surface area contributed by atoms with Crippen molar-refractivity contribution in [2.45, 2.75) is 57.0 Å². The van der Waals surface area contributed by atoms with E-state index < -0.39 is 29.7 Å². The highest BCUT2D eigenvalue weighted by Crippen LogP contribution is 2.34. The van der Waals surface area contributed by atoms with Crippen LogP contribution in [0.4, 0.5) is 5.95 Å². The number of likely N-dealkylation sites (tertiary alicyclic amines) is 1. The molecule has 7 rings (SSSR count). The Morgan fingerprint density at radius 1 is 0.962 bits per heavy atom. The van der Waals surface area contributed by atoms with Crippen molar-refractivity contribution < 1.29 is 28.7 Å². The molecule has 52 heavy (non-hydrogen) atoms. The molecule has 1 unspecified atom stereocenters. The molecule has 5 heterocycles. The molecule has 0 bridgehead atoms. The number of aromatic nitrogens is 3. The summed E-state index contributed by atoms with van der Waals surface area (Å²) in [6, 6.07) is 11.8. The van der Waals surface area contributed by atoms with Crippen LogP contribution >= 0.6 is 11.6 Å². The molecule has 2 fully saturated rings. The molecule has 2 aromatic carbocycles. The predicted molar refractivity (Wildman–Crippen MR) is 193 cm³/mol. The molecular weight excluding hydrogens is 688 g/mol. The summed E-state index contributed by atoms with van der Waals surface area (Å²) in [6.45, 7) is 3.06. The Balaban J connectivity index is 0.760. The van der Waals surface area contributed by atoms with E-state index in [1.807, 2.05) is 30.5 Å². The lowest BCUT2D eigenvalue weighted by Crippen LogP contribution is -2.55. The number of halogens is 1. The summed E-state index contributed by atoms with van der Waals surface area (Å²) in [5.74, 6) is -2.11. The molecule has 14 nitrogen and oxygen atoms in total. The average Bonchev–Trinajstić information content (AvgIpc) is 3.66. The van der Waals surface area contributed by atoms with Gasteiger partial charge in [0.2, 0.25) is 17.8 Å². The summed E-state index contributed by atoms with van der Waals surface area (Å²) in [5.41, 5.74) is 2.80. The molecule has 0 radical (unpaired) electrons. The second kappa shape index (κ2) is 15.5. The Kier molecular flexibility index (Phi) is 10.5. The van der Waals surface area contributed by atoms with E-state index in [1.165, 1.54) is 12.1 Å². The molecule has 1 atom stereocenters. The Labute approximate surface area is 304 Å². The number of benzene rings is 2. The summed E-state index contributed by atoms with van der Waals surface area (Å²) in [7, 11) is 0. The fourth-order valence-corrected chi connectivity index (χ4v) is 7.13. The van der Waals surface area contributed by atoms with Crippen molar-refractivity contribution in [1.82, 2.24) is 35.4 Å². The van der Waals surface area contributed by atoms with Gasteiger partial charge in [-0.25, -0.2) is 9.97 Å². The van der Waals surface area contributed by atoms with Gasteiger partial charge >= 0.3 is 0 Å². The van der Waals surface area contributed by atoms with Crippen LogP contribution in [-0.2, 0) is 14.4 Å². The zero-order valence-corrected chi connectivity index (χ0v) is 29.2. The van der Waals surface area contributed by atoms with Gasteiger partial charge in [-0.3, -0.25) is 39.1 Å². The van der Waals surface area contributed by atoms with E-state index in [0.717, 1.165) is 73.1 Å². The number of hydrogen-bond donors (Lipinski definition) is 4. The first-order valence-corrected chi connectivity index (χ1v) is 18.0. The van der Waals surface area contributed by atoms with Crippen molar-refractivity contribution in [3.05, 3.63) is 71.0 Å². The molecular formula is C37H39ClN8O6. The van der Waals surface area contributed by atoms with Crippen molar-refractivity contribution >= 4 is 58.0 Å². The van der Waals surface area contributed by atoms with E-state index in [4.69, 9.17) is 21.3 Å². The molecule has 5 amide bonds. The minimum atomic E-state index is -1.07. The minimum Gasteiger partial charge on any atom is -0.483 e. The summed E-state index contributed by atoms with van der Waals surface area (Å²) in [4.78, 5) is 78.2. The predicted octanol–water partition coefficient (Wildman–Crippen LogP) is 3.92. The third-order valence-corrected chi connectivity index (χ3v) is 9.92. The number of nitrogens with zero attached hydrogens (tertiary/aromatic N) is 4. The summed E-state index contributed by atoms with van der Waals surface area (Å²) in [5, 5.41) is 10.0. The van der Waals surface area contributed by atoms with E-state index in [9.17, 15) is 24.0 Å². The number of hydrogen-bond acceptors (Lipinski definition) is 10. The lowest BCUT2D eigenvalue weighted by Gasteiger charge is -2.39. The number of carbonyl (C=O) groups is 5. The molecule has 2 saturated heterocycles. The average molecular weight is 727 g/mol. The Bertz CT molecular complexity index is 2030. The van der Waals surface area contributed by atoms with Gasteiger partial charge in [0.15, 0.2) is 6.61 Å². The van der Waals surface area contributed by atoms with Gasteiger partial charge < -0.3 is 20.4 Å². The lowest BCUT2D eigenvalue weighted by molar-refractivity contribution is -0.136. The Hall–Kier alpha value is -5.34. The zero-order chi connectivity index (χ0) is 36.2. The summed E-state index contributed by atoms with van der Waals surface area (Å²) < 4.78 is 5.65. The second-order valence-corrected chi connectivity index (χ2v) is 13.7. The first-order valence-electron chi connectivity index (χ1n) is 17.6. The summed E-state index contributed by atoms with van der Waals surface area (Å²) >= 11 is 6.47. The number of imide groups is 2. The number of para-hydroxylation sites is 1. The molecule has 4 N–H and O–H groups in total. The van der Waals surface area contributed by atoms with Gasteiger partial charge in [0.1, 0.15) is 11.8 Å². The van der Waals surface area contributed by atoms with E-state index in [-0.39, 0.29) is 48.3 Å². The van der Waals surface area contributed by atoms with Crippen molar-refractivity contribution in [3.63, 3.8) is 0 Å². The molecule has 4 aromatic rings. The van der Waals surface area contributed by atoms with Crippen LogP contribution in [0.1, 0.15) is 65.7 Å². The SMILES string of the molecule is O=C(COc1cccc2c1C(=O)N(C1CCC(=O)NC1=O)C2=O)NCCCCCCCN1CC(Nc2ncc(Cl)c(-c3c[nH]c4ccccc34)n2)C1. The number of piperidine rings is 1. The maximum Gasteiger partial charge on any atom is 0.266 e. The fourth-order valence-electron chi connectivity index (χ4n) is 6.94. The number of unbranched alkanes of at least 4 members (excludes halogenated alkanes) is 4. The molecule has 0 spiro atoms. The second-order valence-electron chi connectivity index (χ2n) is 13.3. The quantitative estimate of drug-likeness (QED) is 0.104. The first-order chi connectivity index (χ1) is 25.3. The van der Waals surface area contributed by atoms with Crippen LogP contribution < -0.4 is 20.7 Å². The largest absolute Gasteiger partial charge is 0.483 e. The molecule has 15 heteroatoms. The number of amides is 5. The first kappa shape index (κ1) is 35.1. The van der Waals surface area contributed by atoms with Gasteiger partial charge in [-0.2, -0.15) is 0 Å². The third-order valence-electron chi connectivity index (χ3n) is 9.64. The molecule has 270 valence electrons. The Morgan fingerprint density at radius 3 is 2.62 bits per heavy atom. The van der Waals surface area contributed by atoms with E-state index in [2.05, 4.69) is 30.8 Å².